The zero-order valence-corrected chi connectivity index (χ0v) is 15.0. The Morgan fingerprint density at radius 2 is 1.92 bits per heavy atom. The molecule has 8 heteroatoms. The molecule has 0 spiro atoms. The molecule has 0 unspecified atom stereocenters. The van der Waals surface area contributed by atoms with E-state index in [2.05, 4.69) is 17.5 Å². The molecule has 5 nitrogen and oxygen atoms in total. The Hall–Kier alpha value is -2.02. The molecule has 24 heavy (non-hydrogen) atoms. The summed E-state index contributed by atoms with van der Waals surface area (Å²) >= 11 is 16.7. The second-order valence-corrected chi connectivity index (χ2v) is 6.01. The minimum Gasteiger partial charge on any atom is -0.493 e. The zero-order chi connectivity index (χ0) is 17.7. The van der Waals surface area contributed by atoms with E-state index in [4.69, 9.17) is 38.4 Å². The van der Waals surface area contributed by atoms with Crippen molar-refractivity contribution in [2.24, 2.45) is 5.73 Å². The van der Waals surface area contributed by atoms with Gasteiger partial charge in [-0.15, -0.1) is 0 Å². The van der Waals surface area contributed by atoms with E-state index in [0.29, 0.717) is 16.5 Å². The van der Waals surface area contributed by atoms with Crippen LogP contribution in [-0.4, -0.2) is 18.1 Å². The van der Waals surface area contributed by atoms with E-state index >= 15 is 0 Å². The van der Waals surface area contributed by atoms with Crippen molar-refractivity contribution in [1.29, 1.82) is 0 Å². The van der Waals surface area contributed by atoms with Crippen molar-refractivity contribution in [2.75, 3.05) is 7.11 Å². The Kier molecular flexibility index (Phi) is 6.25. The summed E-state index contributed by atoms with van der Waals surface area (Å²) in [6.45, 7) is 0.270. The minimum atomic E-state index is -0.480. The summed E-state index contributed by atoms with van der Waals surface area (Å²) in [5.74, 6) is 0.178. The number of hydrogen-bond donors (Lipinski definition) is 2. The van der Waals surface area contributed by atoms with Gasteiger partial charge in [-0.1, -0.05) is 35.3 Å². The van der Waals surface area contributed by atoms with Crippen LogP contribution in [0.5, 0.6) is 11.5 Å². The van der Waals surface area contributed by atoms with Gasteiger partial charge in [0.15, 0.2) is 16.6 Å². The molecular weight excluding hydrogens is 371 g/mol. The Morgan fingerprint density at radius 3 is 2.50 bits per heavy atom. The van der Waals surface area contributed by atoms with Crippen molar-refractivity contribution >= 4 is 46.4 Å². The average Bonchev–Trinajstić information content (AvgIpc) is 2.54. The van der Waals surface area contributed by atoms with Gasteiger partial charge in [0.25, 0.3) is 5.91 Å². The monoisotopic (exact) mass is 384 g/mol. The first-order valence-electron chi connectivity index (χ1n) is 6.76. The summed E-state index contributed by atoms with van der Waals surface area (Å²) in [7, 11) is 1.45. The van der Waals surface area contributed by atoms with E-state index in [0.717, 1.165) is 5.56 Å². The molecule has 0 aliphatic rings. The van der Waals surface area contributed by atoms with Crippen LogP contribution < -0.4 is 20.5 Å². The van der Waals surface area contributed by atoms with Gasteiger partial charge >= 0.3 is 0 Å². The largest absolute Gasteiger partial charge is 0.493 e. The molecule has 0 saturated carbocycles. The van der Waals surface area contributed by atoms with E-state index in [9.17, 15) is 4.79 Å². The molecule has 3 N–H and O–H groups in total. The van der Waals surface area contributed by atoms with Gasteiger partial charge in [-0.3, -0.25) is 10.1 Å². The number of nitrogens with one attached hydrogen (secondary N) is 1. The van der Waals surface area contributed by atoms with Gasteiger partial charge in [0.05, 0.1) is 12.1 Å². The SMILES string of the molecule is COc1cc(C(=O)NC(N)=S)cc(Cl)c1OCc1ccc(Cl)cc1. The number of benzene rings is 2. The number of ether oxygens (including phenoxy) is 2. The molecule has 0 aromatic heterocycles. The summed E-state index contributed by atoms with van der Waals surface area (Å²) < 4.78 is 11.0. The molecule has 2 aromatic carbocycles. The fourth-order valence-corrected chi connectivity index (χ4v) is 2.40. The number of hydrogen-bond acceptors (Lipinski definition) is 4. The number of nitrogens with two attached hydrogens (primary N) is 1. The first-order chi connectivity index (χ1) is 11.4. The molecule has 126 valence electrons. The van der Waals surface area contributed by atoms with Crippen molar-refractivity contribution in [3.8, 4) is 11.5 Å². The smallest absolute Gasteiger partial charge is 0.257 e. The summed E-state index contributed by atoms with van der Waals surface area (Å²) in [6.07, 6.45) is 0. The molecule has 2 rings (SSSR count). The number of halogens is 2. The Bertz CT molecular complexity index is 767. The molecule has 0 saturated heterocycles. The molecule has 1 amide bonds. The van der Waals surface area contributed by atoms with Crippen LogP contribution >= 0.6 is 35.4 Å². The van der Waals surface area contributed by atoms with E-state index in [1.54, 1.807) is 12.1 Å². The van der Waals surface area contributed by atoms with Gasteiger partial charge in [-0.2, -0.15) is 0 Å². The van der Waals surface area contributed by atoms with Gasteiger partial charge in [0.1, 0.15) is 6.61 Å². The Labute approximate surface area is 154 Å². The van der Waals surface area contributed by atoms with E-state index in [1.165, 1.54) is 19.2 Å². The first kappa shape index (κ1) is 18.3. The lowest BCUT2D eigenvalue weighted by Crippen LogP contribution is -2.34. The Balaban J connectivity index is 2.21. The predicted octanol–water partition coefficient (Wildman–Crippen LogP) is 3.55. The quantitative estimate of drug-likeness (QED) is 0.770. The standard InChI is InChI=1S/C16H14Cl2N2O3S/c1-22-13-7-10(15(21)20-16(19)24)6-12(18)14(13)23-8-9-2-4-11(17)5-3-9/h2-7H,8H2,1H3,(H3,19,20,21,24). The summed E-state index contributed by atoms with van der Waals surface area (Å²) in [6, 6.07) is 10.2. The fraction of sp³-hybridized carbons (Fsp3) is 0.125. The lowest BCUT2D eigenvalue weighted by atomic mass is 10.2. The maximum absolute atomic E-state index is 12.0. The normalized spacial score (nSPS) is 10.1. The van der Waals surface area contributed by atoms with Crippen LogP contribution in [0.4, 0.5) is 0 Å². The highest BCUT2D eigenvalue weighted by Gasteiger charge is 2.16. The molecule has 0 aliphatic carbocycles. The molecule has 0 fully saturated rings. The number of thiocarbonyl (C=S) groups is 1. The first-order valence-corrected chi connectivity index (χ1v) is 7.92. The maximum atomic E-state index is 12.0. The number of methoxy groups -OCH3 is 1. The van der Waals surface area contributed by atoms with E-state index < -0.39 is 5.91 Å². The van der Waals surface area contributed by atoms with Crippen LogP contribution in [-0.2, 0) is 6.61 Å². The second-order valence-electron chi connectivity index (χ2n) is 4.72. The molecule has 0 radical (unpaired) electrons. The van der Waals surface area contributed by atoms with Crippen molar-refractivity contribution in [2.45, 2.75) is 6.61 Å². The third-order valence-corrected chi connectivity index (χ3v) is 3.66. The van der Waals surface area contributed by atoms with Crippen LogP contribution in [0, 0.1) is 0 Å². The van der Waals surface area contributed by atoms with Gasteiger partial charge in [-0.25, -0.2) is 0 Å². The highest BCUT2D eigenvalue weighted by atomic mass is 35.5. The van der Waals surface area contributed by atoms with E-state index in [1.807, 2.05) is 12.1 Å². The van der Waals surface area contributed by atoms with Crippen LogP contribution in [0.15, 0.2) is 36.4 Å². The molecule has 0 heterocycles. The van der Waals surface area contributed by atoms with Crippen LogP contribution in [0.25, 0.3) is 0 Å². The van der Waals surface area contributed by atoms with Gasteiger partial charge < -0.3 is 15.2 Å². The number of rotatable bonds is 5. The molecule has 0 atom stereocenters. The minimum absolute atomic E-state index is 0.127. The summed E-state index contributed by atoms with van der Waals surface area (Å²) in [5, 5.41) is 3.07. The second kappa shape index (κ2) is 8.19. The number of carbonyl (C=O) groups excluding carboxylic acids is 1. The van der Waals surface area contributed by atoms with Crippen molar-refractivity contribution in [3.05, 3.63) is 57.6 Å². The number of amides is 1. The third kappa shape index (κ3) is 4.74. The van der Waals surface area contributed by atoms with Gasteiger partial charge in [0.2, 0.25) is 0 Å². The molecule has 0 aliphatic heterocycles. The van der Waals surface area contributed by atoms with Crippen molar-refractivity contribution in [3.63, 3.8) is 0 Å². The lowest BCUT2D eigenvalue weighted by molar-refractivity contribution is 0.0977. The zero-order valence-electron chi connectivity index (χ0n) is 12.6. The lowest BCUT2D eigenvalue weighted by Gasteiger charge is -2.14. The predicted molar refractivity (Wildman–Crippen MR) is 98.0 cm³/mol. The highest BCUT2D eigenvalue weighted by molar-refractivity contribution is 7.80. The van der Waals surface area contributed by atoms with Crippen LogP contribution in [0.3, 0.4) is 0 Å². The summed E-state index contributed by atoms with van der Waals surface area (Å²) in [5.41, 5.74) is 6.46. The number of carbonyl (C=O) groups is 1. The van der Waals surface area contributed by atoms with Gasteiger partial charge in [0, 0.05) is 10.6 Å². The van der Waals surface area contributed by atoms with E-state index in [-0.39, 0.29) is 22.3 Å². The van der Waals surface area contributed by atoms with Crippen LogP contribution in [0.1, 0.15) is 15.9 Å². The molecule has 2 aromatic rings. The van der Waals surface area contributed by atoms with Crippen LogP contribution in [0.2, 0.25) is 10.0 Å². The van der Waals surface area contributed by atoms with Crippen molar-refractivity contribution < 1.29 is 14.3 Å². The molecular formula is C16H14Cl2N2O3S. The van der Waals surface area contributed by atoms with Crippen molar-refractivity contribution in [1.82, 2.24) is 5.32 Å². The topological polar surface area (TPSA) is 73.6 Å². The summed E-state index contributed by atoms with van der Waals surface area (Å²) in [4.78, 5) is 12.0. The average molecular weight is 385 g/mol. The third-order valence-electron chi connectivity index (χ3n) is 3.02. The highest BCUT2D eigenvalue weighted by Crippen LogP contribution is 2.37. The maximum Gasteiger partial charge on any atom is 0.257 e. The molecule has 0 bridgehead atoms. The fourth-order valence-electron chi connectivity index (χ4n) is 1.91. The Morgan fingerprint density at radius 1 is 1.25 bits per heavy atom. The van der Waals surface area contributed by atoms with Gasteiger partial charge in [-0.05, 0) is 42.0 Å².